The van der Waals surface area contributed by atoms with Gasteiger partial charge < -0.3 is 15.4 Å². The van der Waals surface area contributed by atoms with Gasteiger partial charge in [-0.25, -0.2) is 4.39 Å². The van der Waals surface area contributed by atoms with Crippen molar-refractivity contribution in [3.63, 3.8) is 0 Å². The van der Waals surface area contributed by atoms with Crippen LogP contribution in [0.25, 0.3) is 0 Å². The van der Waals surface area contributed by atoms with Gasteiger partial charge in [-0.05, 0) is 23.3 Å². The number of ether oxygens (including phenoxy) is 1. The lowest BCUT2D eigenvalue weighted by atomic mass is 10.0. The van der Waals surface area contributed by atoms with Crippen molar-refractivity contribution in [2.24, 2.45) is 0 Å². The van der Waals surface area contributed by atoms with Crippen LogP contribution in [0.5, 0.6) is 0 Å². The van der Waals surface area contributed by atoms with Gasteiger partial charge in [0.25, 0.3) is 0 Å². The summed E-state index contributed by atoms with van der Waals surface area (Å²) in [6.07, 6.45) is -0.453. The Kier molecular flexibility index (Phi) is 6.09. The number of rotatable bonds is 6. The summed E-state index contributed by atoms with van der Waals surface area (Å²) in [4.78, 5) is 24.5. The van der Waals surface area contributed by atoms with E-state index in [9.17, 15) is 14.0 Å². The van der Waals surface area contributed by atoms with E-state index in [0.29, 0.717) is 19.7 Å². The van der Waals surface area contributed by atoms with Crippen LogP contribution >= 0.6 is 0 Å². The highest BCUT2D eigenvalue weighted by Gasteiger charge is 2.32. The highest BCUT2D eigenvalue weighted by Crippen LogP contribution is 2.11. The molecule has 0 saturated carbocycles. The highest BCUT2D eigenvalue weighted by molar-refractivity contribution is 5.92. The second-order valence-electron chi connectivity index (χ2n) is 6.26. The number of Topliss-reactive ketones (excluding diaryl/α,β-unsaturated/α-hetero) is 1. The number of hydrogen-bond acceptors (Lipinski definition) is 4. The van der Waals surface area contributed by atoms with Crippen molar-refractivity contribution < 1.29 is 18.7 Å². The van der Waals surface area contributed by atoms with Crippen molar-refractivity contribution in [3.05, 3.63) is 71.5 Å². The first kappa shape index (κ1) is 18.2. The first-order valence-electron chi connectivity index (χ1n) is 8.55. The van der Waals surface area contributed by atoms with Crippen LogP contribution in [-0.4, -0.2) is 30.4 Å². The summed E-state index contributed by atoms with van der Waals surface area (Å²) in [6.45, 7) is 0.958. The molecule has 6 heteroatoms. The molecule has 2 aromatic carbocycles. The summed E-state index contributed by atoms with van der Waals surface area (Å²) in [5.41, 5.74) is 1.80. The predicted octanol–water partition coefficient (Wildman–Crippen LogP) is 1.96. The van der Waals surface area contributed by atoms with Gasteiger partial charge in [0.2, 0.25) is 5.91 Å². The van der Waals surface area contributed by atoms with Crippen LogP contribution in [0.4, 0.5) is 4.39 Å². The maximum Gasteiger partial charge on any atom is 0.237 e. The summed E-state index contributed by atoms with van der Waals surface area (Å²) in [5.74, 6) is -0.646. The molecule has 0 radical (unpaired) electrons. The molecular formula is C20H21FN2O3. The molecule has 1 amide bonds. The molecule has 1 fully saturated rings. The SMILES string of the molecule is O=C(NCc1ccc(F)cc1)C1CC(=O)C(OCc2ccccc2)CN1. The molecule has 136 valence electrons. The molecule has 2 unspecified atom stereocenters. The smallest absolute Gasteiger partial charge is 0.237 e. The first-order valence-corrected chi connectivity index (χ1v) is 8.55. The molecule has 2 N–H and O–H groups in total. The number of carbonyl (C=O) groups is 2. The minimum atomic E-state index is -0.570. The Bertz CT molecular complexity index is 749. The standard InChI is InChI=1S/C20H21FN2O3/c21-16-8-6-14(7-9-16)11-23-20(25)17-10-18(24)19(12-22-17)26-13-15-4-2-1-3-5-15/h1-9,17,19,22H,10-13H2,(H,23,25). The Balaban J connectivity index is 1.44. The lowest BCUT2D eigenvalue weighted by Crippen LogP contribution is -2.54. The quantitative estimate of drug-likeness (QED) is 0.830. The number of piperidine rings is 1. The average Bonchev–Trinajstić information content (AvgIpc) is 2.67. The average molecular weight is 356 g/mol. The van der Waals surface area contributed by atoms with E-state index in [4.69, 9.17) is 4.74 Å². The number of hydrogen-bond donors (Lipinski definition) is 2. The van der Waals surface area contributed by atoms with Crippen molar-refractivity contribution in [2.75, 3.05) is 6.54 Å². The van der Waals surface area contributed by atoms with Crippen LogP contribution in [0.2, 0.25) is 0 Å². The Morgan fingerprint density at radius 3 is 2.54 bits per heavy atom. The first-order chi connectivity index (χ1) is 12.6. The third kappa shape index (κ3) is 4.97. The molecule has 1 heterocycles. The molecule has 1 aliphatic rings. The third-order valence-corrected chi connectivity index (χ3v) is 4.30. The monoisotopic (exact) mass is 356 g/mol. The Hall–Kier alpha value is -2.57. The van der Waals surface area contributed by atoms with Crippen molar-refractivity contribution in [1.29, 1.82) is 0 Å². The van der Waals surface area contributed by atoms with Gasteiger partial charge in [-0.3, -0.25) is 9.59 Å². The summed E-state index contributed by atoms with van der Waals surface area (Å²) in [7, 11) is 0. The Morgan fingerprint density at radius 2 is 1.85 bits per heavy atom. The van der Waals surface area contributed by atoms with Crippen molar-refractivity contribution in [2.45, 2.75) is 31.7 Å². The van der Waals surface area contributed by atoms with E-state index in [0.717, 1.165) is 11.1 Å². The molecule has 3 rings (SSSR count). The molecule has 1 aliphatic heterocycles. The summed E-state index contributed by atoms with van der Waals surface area (Å²) >= 11 is 0. The second kappa shape index (κ2) is 8.69. The minimum absolute atomic E-state index is 0.0818. The van der Waals surface area contributed by atoms with Crippen LogP contribution in [-0.2, 0) is 27.5 Å². The molecule has 26 heavy (non-hydrogen) atoms. The highest BCUT2D eigenvalue weighted by atomic mass is 19.1. The molecule has 2 atom stereocenters. The van der Waals surface area contributed by atoms with Gasteiger partial charge in [0, 0.05) is 19.5 Å². The van der Waals surface area contributed by atoms with E-state index in [2.05, 4.69) is 10.6 Å². The van der Waals surface area contributed by atoms with Crippen LogP contribution in [0.3, 0.4) is 0 Å². The van der Waals surface area contributed by atoms with Gasteiger partial charge in [-0.2, -0.15) is 0 Å². The van der Waals surface area contributed by atoms with Crippen molar-refractivity contribution >= 4 is 11.7 Å². The van der Waals surface area contributed by atoms with Gasteiger partial charge in [0.1, 0.15) is 11.9 Å². The van der Waals surface area contributed by atoms with E-state index >= 15 is 0 Å². The fraction of sp³-hybridized carbons (Fsp3) is 0.300. The summed E-state index contributed by atoms with van der Waals surface area (Å²) in [5, 5.41) is 5.83. The Morgan fingerprint density at radius 1 is 1.12 bits per heavy atom. The van der Waals surface area contributed by atoms with E-state index in [1.54, 1.807) is 12.1 Å². The number of halogens is 1. The largest absolute Gasteiger partial charge is 0.364 e. The zero-order valence-electron chi connectivity index (χ0n) is 14.3. The number of carbonyl (C=O) groups excluding carboxylic acids is 2. The van der Waals surface area contributed by atoms with Crippen LogP contribution < -0.4 is 10.6 Å². The Labute approximate surface area is 151 Å². The van der Waals surface area contributed by atoms with Gasteiger partial charge in [0.15, 0.2) is 5.78 Å². The lowest BCUT2D eigenvalue weighted by molar-refractivity contribution is -0.138. The third-order valence-electron chi connectivity index (χ3n) is 4.30. The zero-order valence-corrected chi connectivity index (χ0v) is 14.3. The maximum atomic E-state index is 12.9. The minimum Gasteiger partial charge on any atom is -0.364 e. The van der Waals surface area contributed by atoms with E-state index < -0.39 is 12.1 Å². The molecule has 1 saturated heterocycles. The van der Waals surface area contributed by atoms with E-state index in [-0.39, 0.29) is 23.9 Å². The number of benzene rings is 2. The number of amides is 1. The topological polar surface area (TPSA) is 67.4 Å². The van der Waals surface area contributed by atoms with Gasteiger partial charge in [-0.1, -0.05) is 42.5 Å². The lowest BCUT2D eigenvalue weighted by Gasteiger charge is -2.28. The summed E-state index contributed by atoms with van der Waals surface area (Å²) in [6, 6.07) is 15.0. The maximum absolute atomic E-state index is 12.9. The molecule has 5 nitrogen and oxygen atoms in total. The van der Waals surface area contributed by atoms with Gasteiger partial charge in [-0.15, -0.1) is 0 Å². The fourth-order valence-electron chi connectivity index (χ4n) is 2.79. The molecule has 0 spiro atoms. The second-order valence-corrected chi connectivity index (χ2v) is 6.26. The molecular weight excluding hydrogens is 335 g/mol. The number of ketones is 1. The normalized spacial score (nSPS) is 20.0. The molecule has 0 bridgehead atoms. The fourth-order valence-corrected chi connectivity index (χ4v) is 2.79. The predicted molar refractivity (Wildman–Crippen MR) is 94.7 cm³/mol. The van der Waals surface area contributed by atoms with Gasteiger partial charge in [0.05, 0.1) is 12.6 Å². The van der Waals surface area contributed by atoms with Crippen LogP contribution in [0, 0.1) is 5.82 Å². The number of nitrogens with one attached hydrogen (secondary N) is 2. The van der Waals surface area contributed by atoms with Crippen LogP contribution in [0.15, 0.2) is 54.6 Å². The van der Waals surface area contributed by atoms with Gasteiger partial charge >= 0.3 is 0 Å². The van der Waals surface area contributed by atoms with Crippen molar-refractivity contribution in [1.82, 2.24) is 10.6 Å². The van der Waals surface area contributed by atoms with E-state index in [1.807, 2.05) is 30.3 Å². The summed E-state index contributed by atoms with van der Waals surface area (Å²) < 4.78 is 18.6. The van der Waals surface area contributed by atoms with E-state index in [1.165, 1.54) is 12.1 Å². The van der Waals surface area contributed by atoms with Crippen molar-refractivity contribution in [3.8, 4) is 0 Å². The zero-order chi connectivity index (χ0) is 18.4. The molecule has 0 aliphatic carbocycles. The molecule has 0 aromatic heterocycles. The molecule has 2 aromatic rings. The van der Waals surface area contributed by atoms with Crippen LogP contribution in [0.1, 0.15) is 17.5 Å².